The largest absolute Gasteiger partial charge is 0.383 e. The summed E-state index contributed by atoms with van der Waals surface area (Å²) >= 11 is 0. The lowest BCUT2D eigenvalue weighted by Crippen LogP contribution is -2.37. The van der Waals surface area contributed by atoms with E-state index in [0.29, 0.717) is 37.4 Å². The molecule has 138 valence electrons. The monoisotopic (exact) mass is 355 g/mol. The minimum Gasteiger partial charge on any atom is -0.383 e. The molecule has 6 nitrogen and oxygen atoms in total. The molecule has 2 aliphatic rings. The van der Waals surface area contributed by atoms with Gasteiger partial charge in [0.05, 0.1) is 23.7 Å². The van der Waals surface area contributed by atoms with Crippen LogP contribution in [0, 0.1) is 16.7 Å². The first-order chi connectivity index (χ1) is 12.6. The van der Waals surface area contributed by atoms with Gasteiger partial charge in [-0.25, -0.2) is 0 Å². The second-order valence-corrected chi connectivity index (χ2v) is 7.15. The molecule has 0 aliphatic carbocycles. The molecule has 26 heavy (non-hydrogen) atoms. The first kappa shape index (κ1) is 18.4. The second kappa shape index (κ2) is 7.88. The van der Waals surface area contributed by atoms with Gasteiger partial charge >= 0.3 is 0 Å². The number of carbonyl (C=O) groups is 2. The van der Waals surface area contributed by atoms with Gasteiger partial charge in [-0.1, -0.05) is 0 Å². The van der Waals surface area contributed by atoms with E-state index in [1.165, 1.54) is 0 Å². The predicted molar refractivity (Wildman–Crippen MR) is 96.4 cm³/mol. The normalized spacial score (nSPS) is 23.2. The number of likely N-dealkylation sites (tertiary alicyclic amines) is 2. The van der Waals surface area contributed by atoms with Crippen LogP contribution in [-0.2, 0) is 9.53 Å². The Labute approximate surface area is 154 Å². The maximum absolute atomic E-state index is 12.9. The molecule has 1 atom stereocenters. The van der Waals surface area contributed by atoms with E-state index < -0.39 is 0 Å². The molecule has 2 saturated heterocycles. The minimum atomic E-state index is -0.312. The maximum Gasteiger partial charge on any atom is 0.253 e. The number of carbonyl (C=O) groups excluding carboxylic acids is 2. The Morgan fingerprint density at radius 2 is 1.92 bits per heavy atom. The summed E-state index contributed by atoms with van der Waals surface area (Å²) in [5, 5.41) is 8.88. The molecule has 2 fully saturated rings. The van der Waals surface area contributed by atoms with Gasteiger partial charge in [0, 0.05) is 38.9 Å². The Bertz CT molecular complexity index is 710. The van der Waals surface area contributed by atoms with Crippen molar-refractivity contribution in [2.24, 2.45) is 5.41 Å². The zero-order valence-corrected chi connectivity index (χ0v) is 15.2. The van der Waals surface area contributed by atoms with Crippen molar-refractivity contribution in [1.82, 2.24) is 9.80 Å². The van der Waals surface area contributed by atoms with Crippen molar-refractivity contribution >= 4 is 11.8 Å². The average molecular weight is 355 g/mol. The molecule has 1 aromatic carbocycles. The molecule has 2 amide bonds. The minimum absolute atomic E-state index is 0.0202. The zero-order valence-electron chi connectivity index (χ0n) is 15.2. The lowest BCUT2D eigenvalue weighted by molar-refractivity contribution is -0.137. The first-order valence-corrected chi connectivity index (χ1v) is 9.17. The Kier molecular flexibility index (Phi) is 5.58. The number of methoxy groups -OCH3 is 1. The van der Waals surface area contributed by atoms with E-state index in [0.717, 1.165) is 32.2 Å². The molecule has 1 aromatic rings. The summed E-state index contributed by atoms with van der Waals surface area (Å²) < 4.78 is 5.10. The standard InChI is InChI=1S/C20H25N3O3/c1-26-14-13-23-12-9-20(19(23)25)7-2-10-22(11-8-20)18(24)17-5-3-16(15-21)4-6-17/h3-6H,2,7-14H2,1H3/t20-/m0/s1. The van der Waals surface area contributed by atoms with Gasteiger partial charge in [-0.05, 0) is 49.9 Å². The number of hydrogen-bond acceptors (Lipinski definition) is 4. The lowest BCUT2D eigenvalue weighted by atomic mass is 9.79. The van der Waals surface area contributed by atoms with Gasteiger partial charge in [0.1, 0.15) is 0 Å². The van der Waals surface area contributed by atoms with Crippen molar-refractivity contribution in [3.05, 3.63) is 35.4 Å². The van der Waals surface area contributed by atoms with Gasteiger partial charge in [-0.15, -0.1) is 0 Å². The third-order valence-corrected chi connectivity index (χ3v) is 5.66. The van der Waals surface area contributed by atoms with Crippen LogP contribution in [-0.4, -0.2) is 61.5 Å². The van der Waals surface area contributed by atoms with E-state index in [9.17, 15) is 9.59 Å². The summed E-state index contributed by atoms with van der Waals surface area (Å²) in [6.07, 6.45) is 3.27. The first-order valence-electron chi connectivity index (χ1n) is 9.17. The van der Waals surface area contributed by atoms with E-state index >= 15 is 0 Å². The molecule has 0 saturated carbocycles. The van der Waals surface area contributed by atoms with Gasteiger partial charge in [-0.3, -0.25) is 9.59 Å². The van der Waals surface area contributed by atoms with Crippen molar-refractivity contribution in [3.63, 3.8) is 0 Å². The predicted octanol–water partition coefficient (Wildman–Crippen LogP) is 2.05. The fourth-order valence-electron chi connectivity index (χ4n) is 4.04. The topological polar surface area (TPSA) is 73.6 Å². The number of nitrogens with zero attached hydrogens (tertiary/aromatic N) is 3. The Hall–Kier alpha value is -2.39. The summed E-state index contributed by atoms with van der Waals surface area (Å²) in [6.45, 7) is 3.26. The van der Waals surface area contributed by atoms with Crippen LogP contribution in [0.5, 0.6) is 0 Å². The number of ether oxygens (including phenoxy) is 1. The van der Waals surface area contributed by atoms with Crippen LogP contribution in [0.1, 0.15) is 41.6 Å². The van der Waals surface area contributed by atoms with Crippen LogP contribution in [0.3, 0.4) is 0 Å². The Balaban J connectivity index is 1.65. The summed E-state index contributed by atoms with van der Waals surface area (Å²) in [5.41, 5.74) is 0.830. The number of benzene rings is 1. The zero-order chi connectivity index (χ0) is 18.6. The highest BCUT2D eigenvalue weighted by Gasteiger charge is 2.47. The van der Waals surface area contributed by atoms with Crippen molar-refractivity contribution in [2.45, 2.75) is 25.7 Å². The Morgan fingerprint density at radius 3 is 2.62 bits per heavy atom. The van der Waals surface area contributed by atoms with E-state index in [2.05, 4.69) is 6.07 Å². The van der Waals surface area contributed by atoms with Crippen LogP contribution < -0.4 is 0 Å². The van der Waals surface area contributed by atoms with Crippen molar-refractivity contribution in [3.8, 4) is 6.07 Å². The van der Waals surface area contributed by atoms with Crippen molar-refractivity contribution in [2.75, 3.05) is 39.9 Å². The number of hydrogen-bond donors (Lipinski definition) is 0. The van der Waals surface area contributed by atoms with E-state index in [4.69, 9.17) is 10.00 Å². The van der Waals surface area contributed by atoms with E-state index in [1.807, 2.05) is 9.80 Å². The molecule has 0 radical (unpaired) electrons. The maximum atomic E-state index is 12.9. The summed E-state index contributed by atoms with van der Waals surface area (Å²) in [6, 6.07) is 8.80. The van der Waals surface area contributed by atoms with E-state index in [1.54, 1.807) is 31.4 Å². The molecule has 0 N–H and O–H groups in total. The van der Waals surface area contributed by atoms with E-state index in [-0.39, 0.29) is 17.2 Å². The highest BCUT2D eigenvalue weighted by molar-refractivity contribution is 5.94. The molecule has 0 unspecified atom stereocenters. The highest BCUT2D eigenvalue weighted by atomic mass is 16.5. The molecule has 3 rings (SSSR count). The van der Waals surface area contributed by atoms with Crippen LogP contribution in [0.15, 0.2) is 24.3 Å². The molecular weight excluding hydrogens is 330 g/mol. The van der Waals surface area contributed by atoms with Crippen LogP contribution in [0.25, 0.3) is 0 Å². The van der Waals surface area contributed by atoms with Gasteiger partial charge in [0.2, 0.25) is 5.91 Å². The Morgan fingerprint density at radius 1 is 1.19 bits per heavy atom. The van der Waals surface area contributed by atoms with Gasteiger partial charge in [0.25, 0.3) is 5.91 Å². The lowest BCUT2D eigenvalue weighted by Gasteiger charge is -2.26. The number of nitriles is 1. The quantitative estimate of drug-likeness (QED) is 0.828. The van der Waals surface area contributed by atoms with Crippen LogP contribution in [0.4, 0.5) is 0 Å². The van der Waals surface area contributed by atoms with Gasteiger partial charge in [0.15, 0.2) is 0 Å². The molecule has 2 aliphatic heterocycles. The van der Waals surface area contributed by atoms with Crippen molar-refractivity contribution < 1.29 is 14.3 Å². The number of rotatable bonds is 4. The third-order valence-electron chi connectivity index (χ3n) is 5.66. The molecule has 0 bridgehead atoms. The third kappa shape index (κ3) is 3.58. The molecule has 1 spiro atoms. The SMILES string of the molecule is COCCN1CC[C@@]2(CCCN(C(=O)c3ccc(C#N)cc3)CC2)C1=O. The summed E-state index contributed by atoms with van der Waals surface area (Å²) in [4.78, 5) is 29.4. The van der Waals surface area contributed by atoms with Crippen molar-refractivity contribution in [1.29, 1.82) is 5.26 Å². The summed E-state index contributed by atoms with van der Waals surface area (Å²) in [5.74, 6) is 0.204. The molecule has 6 heteroatoms. The second-order valence-electron chi connectivity index (χ2n) is 7.15. The smallest absolute Gasteiger partial charge is 0.253 e. The van der Waals surface area contributed by atoms with Gasteiger partial charge in [-0.2, -0.15) is 5.26 Å². The molecular formula is C20H25N3O3. The van der Waals surface area contributed by atoms with Gasteiger partial charge < -0.3 is 14.5 Å². The fraction of sp³-hybridized carbons (Fsp3) is 0.550. The van der Waals surface area contributed by atoms with Crippen LogP contribution >= 0.6 is 0 Å². The summed E-state index contributed by atoms with van der Waals surface area (Å²) in [7, 11) is 1.65. The fourth-order valence-corrected chi connectivity index (χ4v) is 4.04. The molecule has 2 heterocycles. The molecule has 0 aromatic heterocycles. The number of amides is 2. The average Bonchev–Trinajstić information content (AvgIpc) is 2.85. The highest BCUT2D eigenvalue weighted by Crippen LogP contribution is 2.41. The van der Waals surface area contributed by atoms with Crippen LogP contribution in [0.2, 0.25) is 0 Å².